The third-order valence-corrected chi connectivity index (χ3v) is 4.96. The van der Waals surface area contributed by atoms with Gasteiger partial charge in [0.25, 0.3) is 10.1 Å². The molecule has 3 aliphatic rings. The van der Waals surface area contributed by atoms with Gasteiger partial charge in [0, 0.05) is 6.61 Å². The van der Waals surface area contributed by atoms with Gasteiger partial charge in [-0.15, -0.1) is 0 Å². The molecule has 0 spiro atoms. The van der Waals surface area contributed by atoms with Crippen molar-refractivity contribution in [3.63, 3.8) is 0 Å². The topological polar surface area (TPSA) is 89.9 Å². The van der Waals surface area contributed by atoms with Crippen molar-refractivity contribution in [2.45, 2.75) is 31.5 Å². The average Bonchev–Trinajstić information content (AvgIpc) is 2.77. The van der Waals surface area contributed by atoms with Gasteiger partial charge in [0.2, 0.25) is 0 Å². The summed E-state index contributed by atoms with van der Waals surface area (Å²) >= 11 is 0. The van der Waals surface area contributed by atoms with E-state index < -0.39 is 21.8 Å². The molecule has 3 fully saturated rings. The predicted molar refractivity (Wildman–Crippen MR) is 60.4 cm³/mol. The lowest BCUT2D eigenvalue weighted by Gasteiger charge is -2.39. The minimum atomic E-state index is -4.31. The van der Waals surface area contributed by atoms with Crippen molar-refractivity contribution in [2.75, 3.05) is 12.4 Å². The molecule has 18 heavy (non-hydrogen) atoms. The van der Waals surface area contributed by atoms with Crippen LogP contribution in [0.25, 0.3) is 0 Å². The van der Waals surface area contributed by atoms with Crippen molar-refractivity contribution in [2.24, 2.45) is 17.8 Å². The third-order valence-electron chi connectivity index (χ3n) is 4.36. The van der Waals surface area contributed by atoms with Gasteiger partial charge in [-0.3, -0.25) is 9.35 Å². The molecule has 2 aliphatic carbocycles. The van der Waals surface area contributed by atoms with Crippen molar-refractivity contribution in [3.8, 4) is 0 Å². The van der Waals surface area contributed by atoms with Gasteiger partial charge in [-0.1, -0.05) is 0 Å². The van der Waals surface area contributed by atoms with Gasteiger partial charge in [-0.05, 0) is 37.0 Å². The SMILES string of the molecule is O=C(CS(=O)(=O)O)OC1C2CC3CCOC1C3C2. The summed E-state index contributed by atoms with van der Waals surface area (Å²) in [5.41, 5.74) is 0. The summed E-state index contributed by atoms with van der Waals surface area (Å²) in [7, 11) is -4.31. The molecule has 2 bridgehead atoms. The fraction of sp³-hybridized carbons (Fsp3) is 0.909. The van der Waals surface area contributed by atoms with Gasteiger partial charge in [0.15, 0.2) is 5.75 Å². The molecular weight excluding hydrogens is 260 g/mol. The van der Waals surface area contributed by atoms with Crippen LogP contribution in [-0.4, -0.2) is 43.5 Å². The van der Waals surface area contributed by atoms with Gasteiger partial charge >= 0.3 is 5.97 Å². The molecule has 1 heterocycles. The molecule has 0 radical (unpaired) electrons. The zero-order valence-corrected chi connectivity index (χ0v) is 10.6. The Labute approximate surface area is 105 Å². The quantitative estimate of drug-likeness (QED) is 0.586. The third kappa shape index (κ3) is 2.15. The molecule has 1 N–H and O–H groups in total. The number of esters is 1. The highest BCUT2D eigenvalue weighted by atomic mass is 32.2. The van der Waals surface area contributed by atoms with E-state index in [1.165, 1.54) is 0 Å². The maximum Gasteiger partial charge on any atom is 0.324 e. The Balaban J connectivity index is 1.66. The van der Waals surface area contributed by atoms with Crippen LogP contribution in [0, 0.1) is 17.8 Å². The van der Waals surface area contributed by atoms with E-state index in [4.69, 9.17) is 14.0 Å². The van der Waals surface area contributed by atoms with Gasteiger partial charge in [0.1, 0.15) is 6.10 Å². The van der Waals surface area contributed by atoms with Crippen molar-refractivity contribution in [1.82, 2.24) is 0 Å². The number of hydrogen-bond donors (Lipinski definition) is 1. The summed E-state index contributed by atoms with van der Waals surface area (Å²) in [5, 5.41) is 0. The minimum Gasteiger partial charge on any atom is -0.458 e. The highest BCUT2D eigenvalue weighted by Gasteiger charge is 2.56. The Morgan fingerprint density at radius 3 is 2.83 bits per heavy atom. The molecule has 7 heteroatoms. The molecule has 0 aromatic rings. The molecule has 6 nitrogen and oxygen atoms in total. The van der Waals surface area contributed by atoms with E-state index >= 15 is 0 Å². The van der Waals surface area contributed by atoms with E-state index in [0.29, 0.717) is 18.4 Å². The molecule has 1 saturated heterocycles. The van der Waals surface area contributed by atoms with Crippen molar-refractivity contribution >= 4 is 16.1 Å². The molecule has 0 aromatic heterocycles. The standard InChI is InChI=1S/C11H16O6S/c12-9(5-18(13,14)15)17-10-7-3-6-1-2-16-11(10)8(6)4-7/h6-8,10-11H,1-5H2,(H,13,14,15). The van der Waals surface area contributed by atoms with Crippen LogP contribution in [0.4, 0.5) is 0 Å². The van der Waals surface area contributed by atoms with Crippen LogP contribution >= 0.6 is 0 Å². The molecule has 3 rings (SSSR count). The fourth-order valence-corrected chi connectivity index (χ4v) is 4.15. The molecular formula is C11H16O6S. The summed E-state index contributed by atoms with van der Waals surface area (Å²) in [6.07, 6.45) is 2.70. The minimum absolute atomic E-state index is 0.0761. The highest BCUT2D eigenvalue weighted by Crippen LogP contribution is 2.54. The van der Waals surface area contributed by atoms with Crippen LogP contribution in [0.15, 0.2) is 0 Å². The van der Waals surface area contributed by atoms with Crippen LogP contribution in [0.2, 0.25) is 0 Å². The van der Waals surface area contributed by atoms with E-state index in [0.717, 1.165) is 19.3 Å². The Kier molecular flexibility index (Phi) is 2.87. The molecule has 5 atom stereocenters. The fourth-order valence-electron chi connectivity index (χ4n) is 3.79. The smallest absolute Gasteiger partial charge is 0.324 e. The van der Waals surface area contributed by atoms with E-state index in [-0.39, 0.29) is 18.1 Å². The summed E-state index contributed by atoms with van der Waals surface area (Å²) < 4.78 is 40.7. The summed E-state index contributed by atoms with van der Waals surface area (Å²) in [4.78, 5) is 11.4. The largest absolute Gasteiger partial charge is 0.458 e. The van der Waals surface area contributed by atoms with Gasteiger partial charge in [-0.25, -0.2) is 0 Å². The number of ether oxygens (including phenoxy) is 2. The molecule has 2 saturated carbocycles. The van der Waals surface area contributed by atoms with Crippen molar-refractivity contribution < 1.29 is 27.2 Å². The van der Waals surface area contributed by atoms with Crippen LogP contribution in [-0.2, 0) is 24.4 Å². The monoisotopic (exact) mass is 276 g/mol. The second-order valence-corrected chi connectivity index (χ2v) is 6.91. The first-order valence-electron chi connectivity index (χ1n) is 6.20. The number of fused-ring (bicyclic) bond motifs is 1. The lowest BCUT2D eigenvalue weighted by atomic mass is 9.81. The first-order chi connectivity index (χ1) is 8.44. The van der Waals surface area contributed by atoms with Gasteiger partial charge in [0.05, 0.1) is 6.10 Å². The summed E-state index contributed by atoms with van der Waals surface area (Å²) in [5.74, 6) is -0.453. The number of hydrogen-bond acceptors (Lipinski definition) is 5. The lowest BCUT2D eigenvalue weighted by molar-refractivity contribution is -0.168. The molecule has 1 aliphatic heterocycles. The highest BCUT2D eigenvalue weighted by molar-refractivity contribution is 7.86. The number of carbonyl (C=O) groups excluding carboxylic acids is 1. The second-order valence-electron chi connectivity index (χ2n) is 5.46. The van der Waals surface area contributed by atoms with Gasteiger partial charge < -0.3 is 9.47 Å². The predicted octanol–water partition coefficient (Wildman–Crippen LogP) is 0.231. The maximum absolute atomic E-state index is 11.4. The maximum atomic E-state index is 11.4. The van der Waals surface area contributed by atoms with E-state index in [9.17, 15) is 13.2 Å². The Morgan fingerprint density at radius 2 is 2.11 bits per heavy atom. The van der Waals surface area contributed by atoms with Crippen LogP contribution in [0.5, 0.6) is 0 Å². The Hall–Kier alpha value is -0.660. The zero-order chi connectivity index (χ0) is 12.9. The van der Waals surface area contributed by atoms with Crippen LogP contribution < -0.4 is 0 Å². The zero-order valence-electron chi connectivity index (χ0n) is 9.82. The van der Waals surface area contributed by atoms with E-state index in [1.807, 2.05) is 0 Å². The van der Waals surface area contributed by atoms with Crippen molar-refractivity contribution in [1.29, 1.82) is 0 Å². The normalized spacial score (nSPS) is 41.9. The summed E-state index contributed by atoms with van der Waals surface area (Å²) in [6.45, 7) is 0.685. The first-order valence-corrected chi connectivity index (χ1v) is 7.81. The van der Waals surface area contributed by atoms with Gasteiger partial charge in [-0.2, -0.15) is 8.42 Å². The summed E-state index contributed by atoms with van der Waals surface area (Å²) in [6, 6.07) is 0. The Morgan fingerprint density at radius 1 is 1.33 bits per heavy atom. The van der Waals surface area contributed by atoms with Crippen LogP contribution in [0.3, 0.4) is 0 Å². The second kappa shape index (κ2) is 4.18. The average molecular weight is 276 g/mol. The van der Waals surface area contributed by atoms with E-state index in [1.54, 1.807) is 0 Å². The van der Waals surface area contributed by atoms with E-state index in [2.05, 4.69) is 0 Å². The molecule has 102 valence electrons. The number of rotatable bonds is 3. The lowest BCUT2D eigenvalue weighted by Crippen LogP contribution is -2.45. The Bertz CT molecular complexity index is 456. The van der Waals surface area contributed by atoms with Crippen LogP contribution in [0.1, 0.15) is 19.3 Å². The molecule has 5 unspecified atom stereocenters. The van der Waals surface area contributed by atoms with Crippen molar-refractivity contribution in [3.05, 3.63) is 0 Å². The number of carbonyl (C=O) groups is 1. The molecule has 0 aromatic carbocycles. The molecule has 0 amide bonds. The first kappa shape index (κ1) is 12.4.